The van der Waals surface area contributed by atoms with Gasteiger partial charge < -0.3 is 0 Å². The number of nitrogens with zero attached hydrogens (tertiary/aromatic N) is 1. The normalized spacial score (nSPS) is 18.1. The van der Waals surface area contributed by atoms with Crippen LogP contribution in [-0.4, -0.2) is 4.98 Å². The quantitative estimate of drug-likeness (QED) is 0.207. The maximum Gasteiger partial charge on any atom is 0.0702 e. The van der Waals surface area contributed by atoms with Gasteiger partial charge in [0.15, 0.2) is 0 Å². The zero-order chi connectivity index (χ0) is 24.6. The van der Waals surface area contributed by atoms with Crippen LogP contribution in [0.5, 0.6) is 0 Å². The van der Waals surface area contributed by atoms with Crippen LogP contribution in [0.2, 0.25) is 0 Å². The van der Waals surface area contributed by atoms with E-state index in [9.17, 15) is 0 Å². The van der Waals surface area contributed by atoms with Crippen LogP contribution >= 0.6 is 0 Å². The van der Waals surface area contributed by atoms with Gasteiger partial charge in [-0.05, 0) is 67.6 Å². The van der Waals surface area contributed by atoms with Crippen molar-refractivity contribution in [2.45, 2.75) is 142 Å². The predicted molar refractivity (Wildman–Crippen MR) is 154 cm³/mol. The van der Waals surface area contributed by atoms with Gasteiger partial charge in [-0.1, -0.05) is 128 Å². The Bertz CT molecular complexity index is 767. The number of pyridine rings is 1. The van der Waals surface area contributed by atoms with E-state index in [1.807, 2.05) is 0 Å². The van der Waals surface area contributed by atoms with Crippen molar-refractivity contribution in [3.05, 3.63) is 53.7 Å². The summed E-state index contributed by atoms with van der Waals surface area (Å²) in [6, 6.07) is 13.9. The number of hydrogen-bond acceptors (Lipinski definition) is 1. The number of aromatic nitrogens is 1. The molecule has 1 fully saturated rings. The minimum Gasteiger partial charge on any atom is -0.256 e. The van der Waals surface area contributed by atoms with E-state index in [4.69, 9.17) is 4.98 Å². The summed E-state index contributed by atoms with van der Waals surface area (Å²) in [4.78, 5) is 4.79. The third-order valence-corrected chi connectivity index (χ3v) is 8.38. The molecule has 1 aromatic carbocycles. The molecule has 0 unspecified atom stereocenters. The highest BCUT2D eigenvalue weighted by molar-refractivity contribution is 5.59. The molecular weight excluding hydrogens is 422 g/mol. The van der Waals surface area contributed by atoms with Crippen LogP contribution in [0.4, 0.5) is 0 Å². The van der Waals surface area contributed by atoms with Crippen molar-refractivity contribution in [2.75, 3.05) is 0 Å². The lowest BCUT2D eigenvalue weighted by Gasteiger charge is -2.29. The Morgan fingerprint density at radius 1 is 0.629 bits per heavy atom. The van der Waals surface area contributed by atoms with E-state index in [2.05, 4.69) is 56.4 Å². The standard InChI is InChI=1S/C34H53N/c1-3-5-7-9-11-13-15-17-30-20-27-34(35-28-30)33-25-23-32(24-26-33)31-21-18-29(19-22-31)16-14-12-10-8-6-4-2/h20,23-29,31H,3-19,21-22H2,1-2H3. The van der Waals surface area contributed by atoms with Crippen LogP contribution in [0.15, 0.2) is 42.6 Å². The Morgan fingerprint density at radius 2 is 1.23 bits per heavy atom. The van der Waals surface area contributed by atoms with Gasteiger partial charge in [0.2, 0.25) is 0 Å². The Labute approximate surface area is 217 Å². The molecule has 1 aliphatic carbocycles. The summed E-state index contributed by atoms with van der Waals surface area (Å²) in [7, 11) is 0. The summed E-state index contributed by atoms with van der Waals surface area (Å²) in [6.45, 7) is 4.59. The second-order valence-corrected chi connectivity index (χ2v) is 11.3. The molecule has 1 aliphatic rings. The summed E-state index contributed by atoms with van der Waals surface area (Å²) in [5.74, 6) is 1.75. The van der Waals surface area contributed by atoms with Gasteiger partial charge in [-0.15, -0.1) is 0 Å². The first kappa shape index (κ1) is 27.9. The van der Waals surface area contributed by atoms with Gasteiger partial charge in [0.1, 0.15) is 0 Å². The Kier molecular flexibility index (Phi) is 13.5. The van der Waals surface area contributed by atoms with E-state index in [1.54, 1.807) is 5.56 Å². The molecule has 1 heteroatoms. The van der Waals surface area contributed by atoms with Gasteiger partial charge in [0.05, 0.1) is 5.69 Å². The third kappa shape index (κ3) is 10.5. The van der Waals surface area contributed by atoms with Gasteiger partial charge in [-0.25, -0.2) is 0 Å². The molecule has 0 saturated heterocycles. The number of aryl methyl sites for hydroxylation is 1. The fraction of sp³-hybridized carbons (Fsp3) is 0.676. The summed E-state index contributed by atoms with van der Waals surface area (Å²) in [5, 5.41) is 0. The molecule has 0 spiro atoms. The topological polar surface area (TPSA) is 12.9 Å². The van der Waals surface area contributed by atoms with Crippen LogP contribution in [0.3, 0.4) is 0 Å². The van der Waals surface area contributed by atoms with E-state index in [0.29, 0.717) is 0 Å². The molecule has 1 heterocycles. The average Bonchev–Trinajstić information content (AvgIpc) is 2.91. The van der Waals surface area contributed by atoms with Crippen LogP contribution in [0.25, 0.3) is 11.3 Å². The van der Waals surface area contributed by atoms with Gasteiger partial charge in [-0.3, -0.25) is 4.98 Å². The van der Waals surface area contributed by atoms with Gasteiger partial charge >= 0.3 is 0 Å². The minimum absolute atomic E-state index is 0.766. The van der Waals surface area contributed by atoms with Crippen LogP contribution in [-0.2, 0) is 6.42 Å². The Balaban J connectivity index is 1.35. The Morgan fingerprint density at radius 3 is 1.83 bits per heavy atom. The van der Waals surface area contributed by atoms with Crippen molar-refractivity contribution in [1.29, 1.82) is 0 Å². The zero-order valence-electron chi connectivity index (χ0n) is 23.1. The molecule has 0 aliphatic heterocycles. The fourth-order valence-electron chi connectivity index (χ4n) is 5.95. The van der Waals surface area contributed by atoms with Gasteiger partial charge in [-0.2, -0.15) is 0 Å². The van der Waals surface area contributed by atoms with E-state index in [1.165, 1.54) is 133 Å². The predicted octanol–water partition coefficient (Wildman–Crippen LogP) is 11.1. The number of benzene rings is 1. The van der Waals surface area contributed by atoms with Gasteiger partial charge in [0, 0.05) is 11.8 Å². The highest BCUT2D eigenvalue weighted by atomic mass is 14.7. The molecule has 3 rings (SSSR count). The SMILES string of the molecule is CCCCCCCCCc1ccc(-c2ccc(C3CCC(CCCCCCCC)CC3)cc2)nc1. The van der Waals surface area contributed by atoms with Crippen LogP contribution in [0.1, 0.15) is 146 Å². The maximum atomic E-state index is 4.79. The molecule has 1 nitrogen and oxygen atoms in total. The maximum absolute atomic E-state index is 4.79. The van der Waals surface area contributed by atoms with Crippen molar-refractivity contribution in [3.63, 3.8) is 0 Å². The second kappa shape index (κ2) is 16.9. The summed E-state index contributed by atoms with van der Waals surface area (Å²) in [6.07, 6.45) is 28.5. The monoisotopic (exact) mass is 475 g/mol. The van der Waals surface area contributed by atoms with Crippen molar-refractivity contribution < 1.29 is 0 Å². The lowest BCUT2D eigenvalue weighted by Crippen LogP contribution is -2.13. The van der Waals surface area contributed by atoms with Crippen molar-refractivity contribution in [1.82, 2.24) is 4.98 Å². The third-order valence-electron chi connectivity index (χ3n) is 8.38. The van der Waals surface area contributed by atoms with Crippen LogP contribution in [0, 0.1) is 5.92 Å². The largest absolute Gasteiger partial charge is 0.256 e. The molecule has 0 atom stereocenters. The highest BCUT2D eigenvalue weighted by Gasteiger charge is 2.22. The first-order chi connectivity index (χ1) is 17.3. The Hall–Kier alpha value is -1.63. The first-order valence-electron chi connectivity index (χ1n) is 15.4. The van der Waals surface area contributed by atoms with Gasteiger partial charge in [0.25, 0.3) is 0 Å². The first-order valence-corrected chi connectivity index (χ1v) is 15.4. The van der Waals surface area contributed by atoms with E-state index >= 15 is 0 Å². The molecule has 1 aromatic heterocycles. The lowest BCUT2D eigenvalue weighted by molar-refractivity contribution is 0.302. The highest BCUT2D eigenvalue weighted by Crippen LogP contribution is 2.38. The molecule has 0 bridgehead atoms. The summed E-state index contributed by atoms with van der Waals surface area (Å²) < 4.78 is 0. The molecule has 0 amide bonds. The summed E-state index contributed by atoms with van der Waals surface area (Å²) >= 11 is 0. The van der Waals surface area contributed by atoms with E-state index < -0.39 is 0 Å². The zero-order valence-corrected chi connectivity index (χ0v) is 23.1. The number of hydrogen-bond donors (Lipinski definition) is 0. The molecule has 0 N–H and O–H groups in total. The van der Waals surface area contributed by atoms with E-state index in [0.717, 1.165) is 17.5 Å². The van der Waals surface area contributed by atoms with Crippen molar-refractivity contribution in [3.8, 4) is 11.3 Å². The average molecular weight is 476 g/mol. The number of rotatable bonds is 17. The van der Waals surface area contributed by atoms with E-state index in [-0.39, 0.29) is 0 Å². The smallest absolute Gasteiger partial charge is 0.0702 e. The molecule has 35 heavy (non-hydrogen) atoms. The van der Waals surface area contributed by atoms with Crippen molar-refractivity contribution in [2.24, 2.45) is 5.92 Å². The summed E-state index contributed by atoms with van der Waals surface area (Å²) in [5.41, 5.74) is 5.30. The molecule has 0 radical (unpaired) electrons. The number of unbranched alkanes of at least 4 members (excludes halogenated alkanes) is 11. The minimum atomic E-state index is 0.766. The second-order valence-electron chi connectivity index (χ2n) is 11.3. The fourth-order valence-corrected chi connectivity index (χ4v) is 5.95. The molecule has 2 aromatic rings. The molecular formula is C34H53N. The van der Waals surface area contributed by atoms with Crippen molar-refractivity contribution >= 4 is 0 Å². The van der Waals surface area contributed by atoms with Crippen LogP contribution < -0.4 is 0 Å². The molecule has 1 saturated carbocycles. The lowest BCUT2D eigenvalue weighted by atomic mass is 9.77. The molecule has 194 valence electrons.